The maximum Gasteiger partial charge on any atom is 0.220 e. The lowest BCUT2D eigenvalue weighted by atomic mass is 10.1. The minimum Gasteiger partial charge on any atom is -0.493 e. The fraction of sp³-hybridized carbons (Fsp3) is 0.526. The van der Waals surface area contributed by atoms with Gasteiger partial charge in [-0.2, -0.15) is 0 Å². The Balaban J connectivity index is 1.50. The van der Waals surface area contributed by atoms with Gasteiger partial charge in [0.05, 0.1) is 14.2 Å². The number of benzene rings is 1. The van der Waals surface area contributed by atoms with Crippen molar-refractivity contribution in [3.8, 4) is 11.5 Å². The molecule has 1 unspecified atom stereocenters. The van der Waals surface area contributed by atoms with Gasteiger partial charge in [0.2, 0.25) is 5.91 Å². The van der Waals surface area contributed by atoms with Crippen molar-refractivity contribution in [3.63, 3.8) is 0 Å². The highest BCUT2D eigenvalue weighted by atomic mass is 16.5. The number of hydrogen-bond acceptors (Lipinski definition) is 5. The van der Waals surface area contributed by atoms with Crippen LogP contribution >= 0.6 is 0 Å². The van der Waals surface area contributed by atoms with Crippen LogP contribution in [0, 0.1) is 6.92 Å². The summed E-state index contributed by atoms with van der Waals surface area (Å²) < 4.78 is 12.7. The molecule has 1 atom stereocenters. The summed E-state index contributed by atoms with van der Waals surface area (Å²) in [5.41, 5.74) is 1.06. The number of ether oxygens (including phenoxy) is 2. The van der Waals surface area contributed by atoms with Crippen LogP contribution in [0.2, 0.25) is 0 Å². The number of hydrogen-bond donors (Lipinski definition) is 1. The average Bonchev–Trinajstić information content (AvgIpc) is 2.88. The van der Waals surface area contributed by atoms with E-state index < -0.39 is 0 Å². The van der Waals surface area contributed by atoms with Crippen molar-refractivity contribution in [2.45, 2.75) is 51.6 Å². The average molecular weight is 358 g/mol. The molecule has 0 radical (unpaired) electrons. The van der Waals surface area contributed by atoms with Crippen LogP contribution < -0.4 is 14.8 Å². The van der Waals surface area contributed by atoms with Gasteiger partial charge in [-0.1, -0.05) is 6.07 Å². The van der Waals surface area contributed by atoms with Crippen LogP contribution in [0.3, 0.4) is 0 Å². The summed E-state index contributed by atoms with van der Waals surface area (Å²) in [5, 5.41) is 11.5. The summed E-state index contributed by atoms with van der Waals surface area (Å²) in [4.78, 5) is 12.4. The fourth-order valence-corrected chi connectivity index (χ4v) is 3.37. The van der Waals surface area contributed by atoms with Crippen LogP contribution in [-0.4, -0.2) is 40.9 Å². The highest BCUT2D eigenvalue weighted by Gasteiger charge is 2.20. The number of nitrogens with zero attached hydrogens (tertiary/aromatic N) is 3. The zero-order chi connectivity index (χ0) is 18.5. The van der Waals surface area contributed by atoms with Crippen molar-refractivity contribution in [1.82, 2.24) is 20.1 Å². The lowest BCUT2D eigenvalue weighted by molar-refractivity contribution is -0.121. The van der Waals surface area contributed by atoms with E-state index in [9.17, 15) is 4.79 Å². The van der Waals surface area contributed by atoms with Crippen molar-refractivity contribution in [2.24, 2.45) is 0 Å². The number of amides is 1. The number of aryl methyl sites for hydroxylation is 3. The minimum absolute atomic E-state index is 0.0826. The molecule has 140 valence electrons. The number of fused-ring (bicyclic) bond motifs is 1. The quantitative estimate of drug-likeness (QED) is 0.855. The van der Waals surface area contributed by atoms with E-state index in [0.717, 1.165) is 43.0 Å². The number of aromatic nitrogens is 3. The number of carbonyl (C=O) groups excluding carboxylic acids is 1. The van der Waals surface area contributed by atoms with E-state index in [0.29, 0.717) is 24.3 Å². The monoisotopic (exact) mass is 358 g/mol. The lowest BCUT2D eigenvalue weighted by Gasteiger charge is -2.16. The molecule has 0 saturated carbocycles. The molecule has 0 aliphatic carbocycles. The standard InChI is InChI=1S/C19H26N4O3/c1-13-21-22-18-8-6-15(10-11-23(13)18)20-19(24)9-5-14-4-7-16(25-2)17(12-14)26-3/h4,7,12,15H,5-6,8-11H2,1-3H3,(H,20,24). The van der Waals surface area contributed by atoms with Crippen LogP contribution in [0.5, 0.6) is 11.5 Å². The zero-order valence-electron chi connectivity index (χ0n) is 15.6. The van der Waals surface area contributed by atoms with E-state index in [2.05, 4.69) is 20.1 Å². The fourth-order valence-electron chi connectivity index (χ4n) is 3.37. The van der Waals surface area contributed by atoms with E-state index in [4.69, 9.17) is 9.47 Å². The summed E-state index contributed by atoms with van der Waals surface area (Å²) in [6, 6.07) is 5.95. The Morgan fingerprint density at radius 2 is 2.04 bits per heavy atom. The molecule has 0 spiro atoms. The molecule has 1 aliphatic heterocycles. The smallest absolute Gasteiger partial charge is 0.220 e. The van der Waals surface area contributed by atoms with E-state index in [1.54, 1.807) is 14.2 Å². The van der Waals surface area contributed by atoms with Crippen LogP contribution in [0.4, 0.5) is 0 Å². The minimum atomic E-state index is 0.0826. The summed E-state index contributed by atoms with van der Waals surface area (Å²) >= 11 is 0. The number of nitrogens with one attached hydrogen (secondary N) is 1. The molecule has 2 aromatic rings. The molecule has 0 saturated heterocycles. The number of rotatable bonds is 6. The second-order valence-corrected chi connectivity index (χ2v) is 6.60. The van der Waals surface area contributed by atoms with Gasteiger partial charge in [-0.05, 0) is 43.9 Å². The van der Waals surface area contributed by atoms with Gasteiger partial charge in [-0.15, -0.1) is 10.2 Å². The predicted molar refractivity (Wildman–Crippen MR) is 97.5 cm³/mol. The van der Waals surface area contributed by atoms with Gasteiger partial charge >= 0.3 is 0 Å². The Kier molecular flexibility index (Phi) is 5.75. The maximum absolute atomic E-state index is 12.4. The first-order valence-corrected chi connectivity index (χ1v) is 8.99. The summed E-state index contributed by atoms with van der Waals surface area (Å²) in [6.07, 6.45) is 3.79. The Bertz CT molecular complexity index is 772. The molecule has 2 heterocycles. The molecule has 0 fully saturated rings. The normalized spacial score (nSPS) is 16.5. The van der Waals surface area contributed by atoms with Gasteiger partial charge in [-0.25, -0.2) is 0 Å². The molecule has 7 nitrogen and oxygen atoms in total. The third-order valence-corrected chi connectivity index (χ3v) is 4.88. The molecular formula is C19H26N4O3. The first kappa shape index (κ1) is 18.2. The Morgan fingerprint density at radius 1 is 1.23 bits per heavy atom. The zero-order valence-corrected chi connectivity index (χ0v) is 15.6. The van der Waals surface area contributed by atoms with Gasteiger partial charge in [0.25, 0.3) is 0 Å². The third kappa shape index (κ3) is 4.15. The lowest BCUT2D eigenvalue weighted by Crippen LogP contribution is -2.35. The molecule has 7 heteroatoms. The first-order valence-electron chi connectivity index (χ1n) is 8.99. The molecule has 1 amide bonds. The Labute approximate surface area is 153 Å². The van der Waals surface area contributed by atoms with E-state index >= 15 is 0 Å². The van der Waals surface area contributed by atoms with Crippen LogP contribution in [0.15, 0.2) is 18.2 Å². The Hall–Kier alpha value is -2.57. The van der Waals surface area contributed by atoms with E-state index in [1.165, 1.54) is 0 Å². The van der Waals surface area contributed by atoms with Gasteiger partial charge < -0.3 is 19.4 Å². The van der Waals surface area contributed by atoms with Gasteiger partial charge in [0, 0.05) is 25.4 Å². The van der Waals surface area contributed by atoms with Crippen molar-refractivity contribution in [3.05, 3.63) is 35.4 Å². The second-order valence-electron chi connectivity index (χ2n) is 6.60. The number of methoxy groups -OCH3 is 2. The maximum atomic E-state index is 12.4. The largest absolute Gasteiger partial charge is 0.493 e. The summed E-state index contributed by atoms with van der Waals surface area (Å²) in [7, 11) is 3.23. The van der Waals surface area contributed by atoms with E-state index in [-0.39, 0.29) is 11.9 Å². The van der Waals surface area contributed by atoms with Crippen molar-refractivity contribution in [1.29, 1.82) is 0 Å². The van der Waals surface area contributed by atoms with Crippen LogP contribution in [-0.2, 0) is 24.2 Å². The SMILES string of the molecule is COc1ccc(CCC(=O)NC2CCc3nnc(C)n3CC2)cc1OC. The van der Waals surface area contributed by atoms with Gasteiger partial charge in [-0.3, -0.25) is 4.79 Å². The summed E-state index contributed by atoms with van der Waals surface area (Å²) in [5.74, 6) is 3.43. The van der Waals surface area contributed by atoms with Crippen molar-refractivity contribution >= 4 is 5.91 Å². The molecule has 3 rings (SSSR count). The molecule has 26 heavy (non-hydrogen) atoms. The van der Waals surface area contributed by atoms with Crippen molar-refractivity contribution in [2.75, 3.05) is 14.2 Å². The predicted octanol–water partition coefficient (Wildman–Crippen LogP) is 2.06. The summed E-state index contributed by atoms with van der Waals surface area (Å²) in [6.45, 7) is 2.83. The topological polar surface area (TPSA) is 78.3 Å². The highest BCUT2D eigenvalue weighted by Crippen LogP contribution is 2.28. The Morgan fingerprint density at radius 3 is 2.81 bits per heavy atom. The molecular weight excluding hydrogens is 332 g/mol. The molecule has 1 N–H and O–H groups in total. The van der Waals surface area contributed by atoms with E-state index in [1.807, 2.05) is 25.1 Å². The molecule has 0 bridgehead atoms. The van der Waals surface area contributed by atoms with Gasteiger partial charge in [0.15, 0.2) is 11.5 Å². The molecule has 1 aliphatic rings. The molecule has 1 aromatic heterocycles. The highest BCUT2D eigenvalue weighted by molar-refractivity contribution is 5.76. The number of carbonyl (C=O) groups is 1. The van der Waals surface area contributed by atoms with Crippen molar-refractivity contribution < 1.29 is 14.3 Å². The second kappa shape index (κ2) is 8.21. The molecule has 1 aromatic carbocycles. The van der Waals surface area contributed by atoms with Gasteiger partial charge in [0.1, 0.15) is 11.6 Å². The first-order chi connectivity index (χ1) is 12.6. The van der Waals surface area contributed by atoms with Crippen LogP contribution in [0.25, 0.3) is 0 Å². The van der Waals surface area contributed by atoms with Crippen LogP contribution in [0.1, 0.15) is 36.5 Å². The third-order valence-electron chi connectivity index (χ3n) is 4.88.